The van der Waals surface area contributed by atoms with Gasteiger partial charge in [0.1, 0.15) is 0 Å². The summed E-state index contributed by atoms with van der Waals surface area (Å²) in [6, 6.07) is 0. The largest absolute Gasteiger partial charge is 0.0882 e. The van der Waals surface area contributed by atoms with Crippen LogP contribution in [0.4, 0.5) is 0 Å². The molecule has 1 radical (unpaired) electrons. The van der Waals surface area contributed by atoms with Crippen molar-refractivity contribution in [3.8, 4) is 0 Å². The molecule has 0 unspecified atom stereocenters. The minimum Gasteiger partial charge on any atom is -0.0882 e. The summed E-state index contributed by atoms with van der Waals surface area (Å²) in [5.74, 6) is 0. The molecule has 0 aromatic heterocycles. The Bertz CT molecular complexity index is 135. The molecule has 13 heavy (non-hydrogen) atoms. The first-order chi connectivity index (χ1) is 6.50. The van der Waals surface area contributed by atoms with E-state index in [1.54, 1.807) is 0 Å². The molecule has 0 saturated heterocycles. The van der Waals surface area contributed by atoms with E-state index in [1.165, 1.54) is 38.5 Å². The van der Waals surface area contributed by atoms with Crippen molar-refractivity contribution in [2.45, 2.75) is 51.4 Å². The van der Waals surface area contributed by atoms with Crippen LogP contribution in [0.3, 0.4) is 0 Å². The highest BCUT2D eigenvalue weighted by atomic mass is 14.0. The second-order valence-electron chi connectivity index (χ2n) is 3.69. The third-order valence-electron chi connectivity index (χ3n) is 2.44. The van der Waals surface area contributed by atoms with Gasteiger partial charge in [-0.2, -0.15) is 0 Å². The normalized spacial score (nSPS) is 26.5. The molecule has 0 aromatic carbocycles. The molecule has 1 aliphatic carbocycles. The maximum absolute atomic E-state index is 2.40. The van der Waals surface area contributed by atoms with Gasteiger partial charge in [0.25, 0.3) is 0 Å². The van der Waals surface area contributed by atoms with Crippen LogP contribution in [0.2, 0.25) is 0 Å². The topological polar surface area (TPSA) is 0 Å². The van der Waals surface area contributed by atoms with Gasteiger partial charge in [0.2, 0.25) is 0 Å². The molecule has 1 rings (SSSR count). The van der Waals surface area contributed by atoms with E-state index in [0.29, 0.717) is 0 Å². The molecule has 1 aliphatic rings. The lowest BCUT2D eigenvalue weighted by molar-refractivity contribution is 0.639. The Morgan fingerprint density at radius 1 is 0.538 bits per heavy atom. The van der Waals surface area contributed by atoms with E-state index in [2.05, 4.69) is 30.7 Å². The SMILES string of the molecule is [CH]1C/C=C\C/C=C\CCCCCC1. The quantitative estimate of drug-likeness (QED) is 0.480. The van der Waals surface area contributed by atoms with E-state index in [9.17, 15) is 0 Å². The summed E-state index contributed by atoms with van der Waals surface area (Å²) in [6.45, 7) is 0. The van der Waals surface area contributed by atoms with Crippen LogP contribution in [0.25, 0.3) is 0 Å². The molecular weight excluding hydrogens is 156 g/mol. The summed E-state index contributed by atoms with van der Waals surface area (Å²) in [6.07, 6.45) is 22.0. The summed E-state index contributed by atoms with van der Waals surface area (Å²) < 4.78 is 0. The summed E-state index contributed by atoms with van der Waals surface area (Å²) >= 11 is 0. The second kappa shape index (κ2) is 8.10. The molecule has 0 heterocycles. The van der Waals surface area contributed by atoms with Crippen molar-refractivity contribution in [1.82, 2.24) is 0 Å². The molecule has 0 heteroatoms. The zero-order valence-corrected chi connectivity index (χ0v) is 8.54. The average molecular weight is 177 g/mol. The van der Waals surface area contributed by atoms with Gasteiger partial charge >= 0.3 is 0 Å². The molecule has 73 valence electrons. The van der Waals surface area contributed by atoms with Crippen molar-refractivity contribution < 1.29 is 0 Å². The highest BCUT2D eigenvalue weighted by molar-refractivity contribution is 4.94. The molecule has 0 saturated carbocycles. The third-order valence-corrected chi connectivity index (χ3v) is 2.44. The van der Waals surface area contributed by atoms with Crippen molar-refractivity contribution in [3.63, 3.8) is 0 Å². The minimum atomic E-state index is 1.12. The first-order valence-electron chi connectivity index (χ1n) is 5.62. The maximum Gasteiger partial charge on any atom is -0.0169 e. The van der Waals surface area contributed by atoms with Gasteiger partial charge in [-0.05, 0) is 38.5 Å². The van der Waals surface area contributed by atoms with E-state index < -0.39 is 0 Å². The predicted molar refractivity (Wildman–Crippen MR) is 59.5 cm³/mol. The zero-order valence-electron chi connectivity index (χ0n) is 8.54. The van der Waals surface area contributed by atoms with E-state index in [0.717, 1.165) is 12.8 Å². The van der Waals surface area contributed by atoms with Gasteiger partial charge in [-0.3, -0.25) is 0 Å². The fourth-order valence-corrected chi connectivity index (χ4v) is 1.60. The summed E-state index contributed by atoms with van der Waals surface area (Å²) in [5, 5.41) is 0. The Morgan fingerprint density at radius 2 is 1.23 bits per heavy atom. The third kappa shape index (κ3) is 6.62. The van der Waals surface area contributed by atoms with E-state index in [1.807, 2.05) is 0 Å². The van der Waals surface area contributed by atoms with Crippen molar-refractivity contribution in [3.05, 3.63) is 30.7 Å². The van der Waals surface area contributed by atoms with Crippen LogP contribution in [0.1, 0.15) is 51.4 Å². The van der Waals surface area contributed by atoms with Crippen molar-refractivity contribution in [2.75, 3.05) is 0 Å². The van der Waals surface area contributed by atoms with Gasteiger partial charge in [0.05, 0.1) is 0 Å². The van der Waals surface area contributed by atoms with Crippen LogP contribution < -0.4 is 0 Å². The van der Waals surface area contributed by atoms with Crippen LogP contribution in [0.15, 0.2) is 24.3 Å². The zero-order chi connectivity index (χ0) is 9.19. The fraction of sp³-hybridized carbons (Fsp3) is 0.615. The van der Waals surface area contributed by atoms with E-state index in [-0.39, 0.29) is 0 Å². The second-order valence-corrected chi connectivity index (χ2v) is 3.69. The van der Waals surface area contributed by atoms with E-state index >= 15 is 0 Å². The molecule has 0 aliphatic heterocycles. The molecule has 0 nitrogen and oxygen atoms in total. The summed E-state index contributed by atoms with van der Waals surface area (Å²) in [7, 11) is 0. The highest BCUT2D eigenvalue weighted by Gasteiger charge is 1.90. The Hall–Kier alpha value is -0.520. The number of hydrogen-bond acceptors (Lipinski definition) is 0. The smallest absolute Gasteiger partial charge is 0.0169 e. The standard InChI is InChI=1S/C13H21/c1-2-4-6-8-10-12-13-11-9-7-5-3-1/h1-2,5-7H,3-4,8-13H2/b2-1-,7-5-. The predicted octanol–water partition coefficient (Wildman–Crippen LogP) is 4.44. The Morgan fingerprint density at radius 3 is 2.15 bits per heavy atom. The van der Waals surface area contributed by atoms with Crippen LogP contribution in [0, 0.1) is 6.42 Å². The molecule has 0 N–H and O–H groups in total. The van der Waals surface area contributed by atoms with Gasteiger partial charge in [0, 0.05) is 0 Å². The lowest BCUT2D eigenvalue weighted by atomic mass is 10.1. The highest BCUT2D eigenvalue weighted by Crippen LogP contribution is 2.09. The van der Waals surface area contributed by atoms with Gasteiger partial charge < -0.3 is 0 Å². The van der Waals surface area contributed by atoms with Gasteiger partial charge in [-0.15, -0.1) is 0 Å². The van der Waals surface area contributed by atoms with Crippen molar-refractivity contribution in [1.29, 1.82) is 0 Å². The molecular formula is C13H21. The van der Waals surface area contributed by atoms with Gasteiger partial charge in [-0.25, -0.2) is 0 Å². The van der Waals surface area contributed by atoms with Crippen LogP contribution >= 0.6 is 0 Å². The number of rotatable bonds is 0. The molecule has 0 aromatic rings. The summed E-state index contributed by atoms with van der Waals surface area (Å²) in [4.78, 5) is 0. The Labute approximate surface area is 82.7 Å². The van der Waals surface area contributed by atoms with Crippen LogP contribution in [-0.2, 0) is 0 Å². The van der Waals surface area contributed by atoms with E-state index in [4.69, 9.17) is 0 Å². The lowest BCUT2D eigenvalue weighted by Gasteiger charge is -1.98. The fourth-order valence-electron chi connectivity index (χ4n) is 1.60. The number of hydrogen-bond donors (Lipinski definition) is 0. The first-order valence-corrected chi connectivity index (χ1v) is 5.62. The molecule has 0 atom stereocenters. The molecule has 0 spiro atoms. The van der Waals surface area contributed by atoms with Crippen molar-refractivity contribution in [2.24, 2.45) is 0 Å². The summed E-state index contributed by atoms with van der Waals surface area (Å²) in [5.41, 5.74) is 0. The monoisotopic (exact) mass is 177 g/mol. The Balaban J connectivity index is 2.18. The molecule has 0 fully saturated rings. The molecule has 0 amide bonds. The van der Waals surface area contributed by atoms with Crippen LogP contribution in [0.5, 0.6) is 0 Å². The first kappa shape index (κ1) is 10.6. The molecule has 0 bridgehead atoms. The van der Waals surface area contributed by atoms with Gasteiger partial charge in [0.15, 0.2) is 0 Å². The van der Waals surface area contributed by atoms with Crippen molar-refractivity contribution >= 4 is 0 Å². The lowest BCUT2D eigenvalue weighted by Crippen LogP contribution is -1.79. The maximum atomic E-state index is 2.40. The van der Waals surface area contributed by atoms with Gasteiger partial charge in [-0.1, -0.05) is 43.6 Å². The average Bonchev–Trinajstić information content (AvgIpc) is 2.18. The minimum absolute atomic E-state index is 1.12. The van der Waals surface area contributed by atoms with Crippen LogP contribution in [-0.4, -0.2) is 0 Å². The number of allylic oxidation sites excluding steroid dienone is 4. The Kier molecular flexibility index (Phi) is 6.58.